The van der Waals surface area contributed by atoms with Gasteiger partial charge < -0.3 is 9.84 Å². The number of nitrogens with zero attached hydrogens (tertiary/aromatic N) is 2. The Labute approximate surface area is 134 Å². The van der Waals surface area contributed by atoms with Gasteiger partial charge in [-0.25, -0.2) is 0 Å². The van der Waals surface area contributed by atoms with Gasteiger partial charge in [0, 0.05) is 22.5 Å². The average molecular weight is 352 g/mol. The lowest BCUT2D eigenvalue weighted by Crippen LogP contribution is -2.35. The van der Waals surface area contributed by atoms with E-state index in [4.69, 9.17) is 4.52 Å². The maximum atomic E-state index is 5.42. The SMILES string of the molecule is CCNC(Cc1nc(-c2ccc(Br)cc2C)no1)C(C)C. The van der Waals surface area contributed by atoms with Gasteiger partial charge in [0.15, 0.2) is 0 Å². The molecular weight excluding hydrogens is 330 g/mol. The Morgan fingerprint density at radius 1 is 1.33 bits per heavy atom. The van der Waals surface area contributed by atoms with Crippen LogP contribution in [0.25, 0.3) is 11.4 Å². The fourth-order valence-corrected chi connectivity index (χ4v) is 2.79. The van der Waals surface area contributed by atoms with Crippen LogP contribution in [0.4, 0.5) is 0 Å². The maximum Gasteiger partial charge on any atom is 0.228 e. The Hall–Kier alpha value is -1.20. The van der Waals surface area contributed by atoms with Gasteiger partial charge in [0.25, 0.3) is 0 Å². The van der Waals surface area contributed by atoms with Gasteiger partial charge in [-0.3, -0.25) is 0 Å². The number of hydrogen-bond donors (Lipinski definition) is 1. The van der Waals surface area contributed by atoms with Gasteiger partial charge in [0.2, 0.25) is 11.7 Å². The first kappa shape index (κ1) is 16.2. The molecule has 0 aliphatic rings. The van der Waals surface area contributed by atoms with Crippen LogP contribution in [0, 0.1) is 12.8 Å². The predicted octanol–water partition coefficient (Wildman–Crippen LogP) is 3.98. The van der Waals surface area contributed by atoms with Crippen LogP contribution in [0.3, 0.4) is 0 Å². The van der Waals surface area contributed by atoms with Crippen LogP contribution in [0.15, 0.2) is 27.2 Å². The van der Waals surface area contributed by atoms with Crippen molar-refractivity contribution >= 4 is 15.9 Å². The summed E-state index contributed by atoms with van der Waals surface area (Å²) in [5.41, 5.74) is 2.14. The molecule has 2 rings (SSSR count). The minimum absolute atomic E-state index is 0.356. The van der Waals surface area contributed by atoms with Crippen molar-refractivity contribution < 1.29 is 4.52 Å². The quantitative estimate of drug-likeness (QED) is 0.854. The highest BCUT2D eigenvalue weighted by Gasteiger charge is 2.18. The average Bonchev–Trinajstić information content (AvgIpc) is 2.86. The number of aryl methyl sites for hydroxylation is 1. The molecule has 1 atom stereocenters. The molecule has 0 saturated carbocycles. The lowest BCUT2D eigenvalue weighted by molar-refractivity contribution is 0.329. The predicted molar refractivity (Wildman–Crippen MR) is 88.2 cm³/mol. The molecule has 0 spiro atoms. The summed E-state index contributed by atoms with van der Waals surface area (Å²) in [7, 11) is 0. The molecule has 0 saturated heterocycles. The normalized spacial score (nSPS) is 12.9. The summed E-state index contributed by atoms with van der Waals surface area (Å²) in [4.78, 5) is 4.54. The summed E-state index contributed by atoms with van der Waals surface area (Å²) in [5, 5.41) is 7.58. The molecule has 4 nitrogen and oxygen atoms in total. The van der Waals surface area contributed by atoms with Gasteiger partial charge in [-0.2, -0.15) is 4.98 Å². The van der Waals surface area contributed by atoms with E-state index in [2.05, 4.69) is 58.2 Å². The molecule has 1 aromatic carbocycles. The smallest absolute Gasteiger partial charge is 0.228 e. The van der Waals surface area contributed by atoms with E-state index in [0.29, 0.717) is 23.7 Å². The monoisotopic (exact) mass is 351 g/mol. The number of nitrogens with one attached hydrogen (secondary N) is 1. The first-order chi connectivity index (χ1) is 10.0. The second kappa shape index (κ2) is 7.18. The topological polar surface area (TPSA) is 51.0 Å². The van der Waals surface area contributed by atoms with Crippen molar-refractivity contribution in [1.82, 2.24) is 15.5 Å². The Morgan fingerprint density at radius 2 is 2.10 bits per heavy atom. The number of aromatic nitrogens is 2. The van der Waals surface area contributed by atoms with Gasteiger partial charge >= 0.3 is 0 Å². The van der Waals surface area contributed by atoms with Crippen LogP contribution in [-0.2, 0) is 6.42 Å². The van der Waals surface area contributed by atoms with Crippen LogP contribution >= 0.6 is 15.9 Å². The Morgan fingerprint density at radius 3 is 2.71 bits per heavy atom. The standard InChI is InChI=1S/C16H22BrN3O/c1-5-18-14(10(2)3)9-15-19-16(20-21-15)13-7-6-12(17)8-11(13)4/h6-8,10,14,18H,5,9H2,1-4H3. The van der Waals surface area contributed by atoms with Crippen molar-refractivity contribution in [3.63, 3.8) is 0 Å². The highest BCUT2D eigenvalue weighted by atomic mass is 79.9. The van der Waals surface area contributed by atoms with Crippen LogP contribution in [0.2, 0.25) is 0 Å². The molecule has 0 radical (unpaired) electrons. The van der Waals surface area contributed by atoms with Gasteiger partial charge in [0.05, 0.1) is 0 Å². The van der Waals surface area contributed by atoms with Crippen molar-refractivity contribution in [1.29, 1.82) is 0 Å². The van der Waals surface area contributed by atoms with Crippen LogP contribution in [-0.4, -0.2) is 22.7 Å². The molecule has 5 heteroatoms. The van der Waals surface area contributed by atoms with Gasteiger partial charge in [0.1, 0.15) is 0 Å². The molecular formula is C16H22BrN3O. The second-order valence-corrected chi connectivity index (χ2v) is 6.50. The van der Waals surface area contributed by atoms with Gasteiger partial charge in [-0.15, -0.1) is 0 Å². The largest absolute Gasteiger partial charge is 0.339 e. The van der Waals surface area contributed by atoms with Crippen molar-refractivity contribution in [2.75, 3.05) is 6.54 Å². The van der Waals surface area contributed by atoms with Crippen molar-refractivity contribution in [3.05, 3.63) is 34.1 Å². The van der Waals surface area contributed by atoms with E-state index in [9.17, 15) is 0 Å². The van der Waals surface area contributed by atoms with E-state index < -0.39 is 0 Å². The maximum absolute atomic E-state index is 5.42. The highest BCUT2D eigenvalue weighted by molar-refractivity contribution is 9.10. The molecule has 21 heavy (non-hydrogen) atoms. The summed E-state index contributed by atoms with van der Waals surface area (Å²) >= 11 is 3.47. The molecule has 0 amide bonds. The first-order valence-corrected chi connectivity index (χ1v) is 8.13. The molecule has 0 aliphatic heterocycles. The van der Waals surface area contributed by atoms with Crippen molar-refractivity contribution in [3.8, 4) is 11.4 Å². The Kier molecular flexibility index (Phi) is 5.53. The fraction of sp³-hybridized carbons (Fsp3) is 0.500. The van der Waals surface area contributed by atoms with E-state index in [1.54, 1.807) is 0 Å². The molecule has 114 valence electrons. The molecule has 1 unspecified atom stereocenters. The minimum Gasteiger partial charge on any atom is -0.339 e. The minimum atomic E-state index is 0.356. The molecule has 0 bridgehead atoms. The Bertz CT molecular complexity index is 595. The molecule has 0 fully saturated rings. The van der Waals surface area contributed by atoms with E-state index in [-0.39, 0.29) is 0 Å². The van der Waals surface area contributed by atoms with Crippen LogP contribution < -0.4 is 5.32 Å². The van der Waals surface area contributed by atoms with Gasteiger partial charge in [-0.05, 0) is 43.1 Å². The summed E-state index contributed by atoms with van der Waals surface area (Å²) < 4.78 is 6.47. The number of likely N-dealkylation sites (N-methyl/N-ethyl adjacent to an activating group) is 1. The summed E-state index contributed by atoms with van der Waals surface area (Å²) in [6, 6.07) is 6.42. The third kappa shape index (κ3) is 4.14. The summed E-state index contributed by atoms with van der Waals surface area (Å²) in [5.74, 6) is 1.87. The van der Waals surface area contributed by atoms with E-state index in [0.717, 1.165) is 28.6 Å². The number of halogens is 1. The lowest BCUT2D eigenvalue weighted by Gasteiger charge is -2.19. The zero-order valence-corrected chi connectivity index (χ0v) is 14.6. The van der Waals surface area contributed by atoms with E-state index >= 15 is 0 Å². The molecule has 1 heterocycles. The zero-order chi connectivity index (χ0) is 15.4. The lowest BCUT2D eigenvalue weighted by atomic mass is 10.0. The second-order valence-electron chi connectivity index (χ2n) is 5.58. The first-order valence-electron chi connectivity index (χ1n) is 7.33. The van der Waals surface area contributed by atoms with E-state index in [1.165, 1.54) is 0 Å². The van der Waals surface area contributed by atoms with Crippen LogP contribution in [0.5, 0.6) is 0 Å². The van der Waals surface area contributed by atoms with E-state index in [1.807, 2.05) is 19.1 Å². The van der Waals surface area contributed by atoms with Crippen molar-refractivity contribution in [2.45, 2.75) is 40.2 Å². The molecule has 1 N–H and O–H groups in total. The highest BCUT2D eigenvalue weighted by Crippen LogP contribution is 2.24. The third-order valence-corrected chi connectivity index (χ3v) is 4.06. The third-order valence-electron chi connectivity index (χ3n) is 3.56. The zero-order valence-electron chi connectivity index (χ0n) is 13.0. The number of hydrogen-bond acceptors (Lipinski definition) is 4. The summed E-state index contributed by atoms with van der Waals surface area (Å²) in [6.45, 7) is 9.49. The number of benzene rings is 1. The van der Waals surface area contributed by atoms with Crippen LogP contribution in [0.1, 0.15) is 32.2 Å². The molecule has 1 aromatic heterocycles. The van der Waals surface area contributed by atoms with Crippen molar-refractivity contribution in [2.24, 2.45) is 5.92 Å². The molecule has 2 aromatic rings. The fourth-order valence-electron chi connectivity index (χ4n) is 2.32. The van der Waals surface area contributed by atoms with Gasteiger partial charge in [-0.1, -0.05) is 41.9 Å². The molecule has 0 aliphatic carbocycles. The number of rotatable bonds is 6. The summed E-state index contributed by atoms with van der Waals surface area (Å²) in [6.07, 6.45) is 0.758. The Balaban J connectivity index is 2.17.